The molecule has 3 heteroatoms. The molecule has 130 valence electrons. The first-order chi connectivity index (χ1) is 12.4. The molecule has 0 heterocycles. The van der Waals surface area contributed by atoms with Crippen molar-refractivity contribution in [3.63, 3.8) is 0 Å². The summed E-state index contributed by atoms with van der Waals surface area (Å²) < 4.78 is 0. The Morgan fingerprint density at radius 3 is 2.35 bits per heavy atom. The van der Waals surface area contributed by atoms with Crippen LogP contribution in [-0.2, 0) is 5.41 Å². The van der Waals surface area contributed by atoms with Crippen molar-refractivity contribution < 1.29 is 0 Å². The molecule has 0 fully saturated rings. The Balaban J connectivity index is 1.58. The molecule has 1 aliphatic carbocycles. The van der Waals surface area contributed by atoms with E-state index in [4.69, 9.17) is 5.41 Å². The topological polar surface area (TPSA) is 47.9 Å². The van der Waals surface area contributed by atoms with E-state index in [1.807, 2.05) is 18.2 Å². The second-order valence-electron chi connectivity index (χ2n) is 7.76. The van der Waals surface area contributed by atoms with Crippen LogP contribution in [0.1, 0.15) is 37.5 Å². The number of rotatable bonds is 2. The number of hydrogen-bond acceptors (Lipinski definition) is 1. The van der Waals surface area contributed by atoms with Crippen LogP contribution in [-0.4, -0.2) is 5.96 Å². The first-order valence-electron chi connectivity index (χ1n) is 8.89. The zero-order chi connectivity index (χ0) is 18.3. The highest BCUT2D eigenvalue weighted by Gasteiger charge is 2.15. The van der Waals surface area contributed by atoms with E-state index in [0.29, 0.717) is 0 Å². The Morgan fingerprint density at radius 2 is 1.58 bits per heavy atom. The molecule has 0 saturated carbocycles. The Morgan fingerprint density at radius 1 is 0.846 bits per heavy atom. The quantitative estimate of drug-likeness (QED) is 0.306. The van der Waals surface area contributed by atoms with Gasteiger partial charge in [0.05, 0.1) is 0 Å². The predicted molar refractivity (Wildman–Crippen MR) is 113 cm³/mol. The minimum absolute atomic E-state index is 0.0813. The van der Waals surface area contributed by atoms with Crippen molar-refractivity contribution in [3.05, 3.63) is 71.3 Å². The fourth-order valence-corrected chi connectivity index (χ4v) is 3.40. The molecule has 26 heavy (non-hydrogen) atoms. The van der Waals surface area contributed by atoms with Crippen LogP contribution in [0.5, 0.6) is 0 Å². The lowest BCUT2D eigenvalue weighted by Crippen LogP contribution is -2.21. The first-order valence-corrected chi connectivity index (χ1v) is 8.89. The minimum Gasteiger partial charge on any atom is -0.326 e. The summed E-state index contributed by atoms with van der Waals surface area (Å²) in [7, 11) is 0. The van der Waals surface area contributed by atoms with Crippen LogP contribution < -0.4 is 10.6 Å². The van der Waals surface area contributed by atoms with E-state index in [1.54, 1.807) is 0 Å². The average Bonchev–Trinajstić information content (AvgIpc) is 3.02. The molecule has 0 spiro atoms. The summed E-state index contributed by atoms with van der Waals surface area (Å²) in [6, 6.07) is 18.7. The second-order valence-corrected chi connectivity index (χ2v) is 7.76. The normalized spacial score (nSPS) is 12.4. The Kier molecular flexibility index (Phi) is 3.80. The van der Waals surface area contributed by atoms with Crippen LogP contribution in [0, 0.1) is 5.41 Å². The van der Waals surface area contributed by atoms with Crippen LogP contribution in [0.2, 0.25) is 0 Å². The van der Waals surface area contributed by atoms with E-state index in [9.17, 15) is 0 Å². The molecule has 0 bridgehead atoms. The molecule has 3 aromatic carbocycles. The molecular weight excluding hydrogens is 318 g/mol. The van der Waals surface area contributed by atoms with Crippen molar-refractivity contribution in [1.82, 2.24) is 0 Å². The van der Waals surface area contributed by atoms with Crippen molar-refractivity contribution in [3.8, 4) is 0 Å². The third-order valence-electron chi connectivity index (χ3n) is 4.81. The predicted octanol–water partition coefficient (Wildman–Crippen LogP) is 6.08. The fraction of sp³-hybridized carbons (Fsp3) is 0.174. The van der Waals surface area contributed by atoms with Gasteiger partial charge >= 0.3 is 0 Å². The zero-order valence-corrected chi connectivity index (χ0v) is 15.4. The van der Waals surface area contributed by atoms with E-state index in [0.717, 1.165) is 16.8 Å². The Hall–Kier alpha value is -3.07. The van der Waals surface area contributed by atoms with E-state index >= 15 is 0 Å². The van der Waals surface area contributed by atoms with Gasteiger partial charge in [-0.25, -0.2) is 0 Å². The summed E-state index contributed by atoms with van der Waals surface area (Å²) in [5.74, 6) is 0.266. The van der Waals surface area contributed by atoms with Crippen molar-refractivity contribution >= 4 is 40.3 Å². The van der Waals surface area contributed by atoms with Gasteiger partial charge < -0.3 is 10.6 Å². The molecule has 3 nitrogen and oxygen atoms in total. The lowest BCUT2D eigenvalue weighted by Gasteiger charge is -2.20. The smallest absolute Gasteiger partial charge is 0.197 e. The lowest BCUT2D eigenvalue weighted by molar-refractivity contribution is 0.590. The van der Waals surface area contributed by atoms with Crippen molar-refractivity contribution in [2.24, 2.45) is 0 Å². The third-order valence-corrected chi connectivity index (χ3v) is 4.81. The van der Waals surface area contributed by atoms with Gasteiger partial charge in [-0.05, 0) is 45.7 Å². The van der Waals surface area contributed by atoms with Gasteiger partial charge in [0, 0.05) is 16.8 Å². The standard InChI is InChI=1S/C23H23N3/c1-23(2,3)17-7-5-8-18(14-17)25-22(24)26-20-13-12-16-11-10-15-6-4-9-19(20)21(15)16/h4-14H,1-3H3,(H3,24,25,26). The molecule has 0 aromatic heterocycles. The fourth-order valence-electron chi connectivity index (χ4n) is 3.40. The Bertz CT molecular complexity index is 1030. The molecule has 0 saturated heterocycles. The first kappa shape index (κ1) is 16.4. The van der Waals surface area contributed by atoms with Gasteiger partial charge in [0.1, 0.15) is 0 Å². The summed E-state index contributed by atoms with van der Waals surface area (Å²) in [4.78, 5) is 0. The molecular formula is C23H23N3. The van der Waals surface area contributed by atoms with Gasteiger partial charge in [-0.15, -0.1) is 0 Å². The number of benzene rings is 3. The molecule has 0 atom stereocenters. The number of hydrogen-bond donors (Lipinski definition) is 3. The van der Waals surface area contributed by atoms with Crippen molar-refractivity contribution in [2.75, 3.05) is 10.6 Å². The number of anilines is 2. The molecule has 3 N–H and O–H groups in total. The second kappa shape index (κ2) is 6.03. The SMILES string of the molecule is CC(C)(C)c1cccc(NC(=N)Nc2ccc3c4c(cccc24)C=C3)c1. The van der Waals surface area contributed by atoms with Crippen LogP contribution in [0.4, 0.5) is 11.4 Å². The van der Waals surface area contributed by atoms with Gasteiger partial charge in [0.2, 0.25) is 0 Å². The molecule has 0 amide bonds. The van der Waals surface area contributed by atoms with Crippen molar-refractivity contribution in [2.45, 2.75) is 26.2 Å². The van der Waals surface area contributed by atoms with E-state index in [-0.39, 0.29) is 11.4 Å². The monoisotopic (exact) mass is 341 g/mol. The van der Waals surface area contributed by atoms with Gasteiger partial charge in [0.25, 0.3) is 0 Å². The van der Waals surface area contributed by atoms with Crippen LogP contribution in [0.15, 0.2) is 54.6 Å². The largest absolute Gasteiger partial charge is 0.326 e. The lowest BCUT2D eigenvalue weighted by atomic mass is 9.87. The maximum atomic E-state index is 8.35. The molecule has 0 radical (unpaired) electrons. The van der Waals surface area contributed by atoms with Gasteiger partial charge in [-0.1, -0.05) is 69.3 Å². The highest BCUT2D eigenvalue weighted by molar-refractivity contribution is 6.13. The van der Waals surface area contributed by atoms with Crippen molar-refractivity contribution in [1.29, 1.82) is 5.41 Å². The summed E-state index contributed by atoms with van der Waals surface area (Å²) >= 11 is 0. The maximum Gasteiger partial charge on any atom is 0.197 e. The van der Waals surface area contributed by atoms with Gasteiger partial charge in [0.15, 0.2) is 5.96 Å². The third kappa shape index (κ3) is 2.97. The van der Waals surface area contributed by atoms with Crippen LogP contribution >= 0.6 is 0 Å². The van der Waals surface area contributed by atoms with Gasteiger partial charge in [-0.2, -0.15) is 0 Å². The van der Waals surface area contributed by atoms with Gasteiger partial charge in [-0.3, -0.25) is 5.41 Å². The average molecular weight is 341 g/mol. The molecule has 4 rings (SSSR count). The highest BCUT2D eigenvalue weighted by Crippen LogP contribution is 2.35. The summed E-state index contributed by atoms with van der Waals surface area (Å²) in [5, 5.41) is 17.1. The molecule has 1 aliphatic rings. The van der Waals surface area contributed by atoms with E-state index in [2.05, 4.69) is 80.0 Å². The molecule has 0 unspecified atom stereocenters. The maximum absolute atomic E-state index is 8.35. The number of nitrogens with one attached hydrogen (secondary N) is 3. The summed E-state index contributed by atoms with van der Waals surface area (Å²) in [6.45, 7) is 6.57. The van der Waals surface area contributed by atoms with E-state index in [1.165, 1.54) is 22.1 Å². The Labute approximate surface area is 154 Å². The number of guanidine groups is 1. The summed E-state index contributed by atoms with van der Waals surface area (Å²) in [5.41, 5.74) is 5.66. The molecule has 0 aliphatic heterocycles. The van der Waals surface area contributed by atoms with E-state index < -0.39 is 0 Å². The zero-order valence-electron chi connectivity index (χ0n) is 15.4. The van der Waals surface area contributed by atoms with Crippen LogP contribution in [0.25, 0.3) is 22.9 Å². The highest BCUT2D eigenvalue weighted by atomic mass is 15.1. The van der Waals surface area contributed by atoms with Crippen LogP contribution in [0.3, 0.4) is 0 Å². The summed E-state index contributed by atoms with van der Waals surface area (Å²) in [6.07, 6.45) is 4.28. The minimum atomic E-state index is 0.0813. The molecule has 3 aromatic rings.